The Hall–Kier alpha value is -4.91. The molecule has 2 aromatic heterocycles. The molecule has 5 heterocycles. The van der Waals surface area contributed by atoms with Crippen LogP contribution in [0.1, 0.15) is 123 Å². The van der Waals surface area contributed by atoms with Gasteiger partial charge < -0.3 is 20.4 Å². The van der Waals surface area contributed by atoms with Crippen LogP contribution in [0.5, 0.6) is 0 Å². The van der Waals surface area contributed by atoms with E-state index in [2.05, 4.69) is 50.2 Å². The van der Waals surface area contributed by atoms with E-state index in [1.54, 1.807) is 16.8 Å². The number of benzene rings is 2. The van der Waals surface area contributed by atoms with Crippen LogP contribution in [0.25, 0.3) is 5.65 Å². The fourth-order valence-electron chi connectivity index (χ4n) is 8.51. The second kappa shape index (κ2) is 18.8. The van der Waals surface area contributed by atoms with Crippen LogP contribution in [0.4, 0.5) is 20.3 Å². The minimum Gasteiger partial charge on any atom is -0.374 e. The number of halogens is 2. The molecule has 13 heteroatoms. The van der Waals surface area contributed by atoms with Crippen LogP contribution >= 0.6 is 0 Å². The molecule has 2 unspecified atom stereocenters. The summed E-state index contributed by atoms with van der Waals surface area (Å²) in [6.45, 7) is 4.68. The molecular weight excluding hydrogens is 715 g/mol. The normalized spacial score (nSPS) is 19.4. The third-order valence-corrected chi connectivity index (χ3v) is 11.7. The monoisotopic (exact) mass is 768 g/mol. The molecule has 3 saturated heterocycles. The van der Waals surface area contributed by atoms with Gasteiger partial charge in [-0.15, -0.1) is 0 Å². The summed E-state index contributed by atoms with van der Waals surface area (Å²) in [5, 5.41) is 13.0. The lowest BCUT2D eigenvalue weighted by atomic mass is 9.89. The number of carbonyl (C=O) groups excluding carboxylic acids is 3. The molecule has 298 valence electrons. The van der Waals surface area contributed by atoms with Crippen molar-refractivity contribution in [2.24, 2.45) is 0 Å². The van der Waals surface area contributed by atoms with Gasteiger partial charge in [0.05, 0.1) is 12.2 Å². The van der Waals surface area contributed by atoms with E-state index < -0.39 is 11.6 Å². The molecule has 2 atom stereocenters. The highest BCUT2D eigenvalue weighted by Gasteiger charge is 2.31. The van der Waals surface area contributed by atoms with Gasteiger partial charge in [-0.2, -0.15) is 5.10 Å². The van der Waals surface area contributed by atoms with Crippen molar-refractivity contribution in [2.75, 3.05) is 42.9 Å². The lowest BCUT2D eigenvalue weighted by Gasteiger charge is -2.32. The Bertz CT molecular complexity index is 1960. The molecule has 0 saturated carbocycles. The Morgan fingerprint density at radius 2 is 1.61 bits per heavy atom. The summed E-state index contributed by atoms with van der Waals surface area (Å²) in [5.41, 5.74) is 3.44. The van der Waals surface area contributed by atoms with Crippen LogP contribution in [-0.4, -0.2) is 76.0 Å². The zero-order valence-corrected chi connectivity index (χ0v) is 32.2. The Labute approximate surface area is 327 Å². The number of likely N-dealkylation sites (tertiary alicyclic amines) is 1. The number of fused-ring (bicyclic) bond motifs is 1. The highest BCUT2D eigenvalue weighted by atomic mass is 19.1. The molecule has 7 rings (SSSR count). The first-order valence-corrected chi connectivity index (χ1v) is 20.6. The molecule has 0 bridgehead atoms. The van der Waals surface area contributed by atoms with Gasteiger partial charge in [-0.05, 0) is 112 Å². The van der Waals surface area contributed by atoms with Crippen molar-refractivity contribution in [2.45, 2.75) is 108 Å². The van der Waals surface area contributed by atoms with Crippen LogP contribution in [0.15, 0.2) is 60.9 Å². The van der Waals surface area contributed by atoms with Gasteiger partial charge in [0, 0.05) is 37.0 Å². The van der Waals surface area contributed by atoms with Gasteiger partial charge in [0.2, 0.25) is 11.8 Å². The quantitative estimate of drug-likeness (QED) is 0.0756. The van der Waals surface area contributed by atoms with Gasteiger partial charge >= 0.3 is 0 Å². The van der Waals surface area contributed by atoms with Crippen molar-refractivity contribution in [3.63, 3.8) is 0 Å². The second-order valence-electron chi connectivity index (χ2n) is 15.6. The minimum atomic E-state index is -0.466. The molecule has 3 amide bonds. The standard InChI is InChI=1S/C43H54F2N8O3/c44-32-13-16-36(45)34(28-32)38-10-9-24-52(38)39-21-27-53-41(49-39)35(29-47-53)42(55)46-22-7-5-3-1-2-4-6-8-23-51-25-19-31(20-26-51)30-11-14-33(15-12-30)48-37-17-18-40(54)50-43(37)56/h11-16,21,27-29,31,37-38,48H,1-10,17-20,22-26H2,(H,46,55)(H,50,54,56). The molecule has 4 aromatic rings. The van der Waals surface area contributed by atoms with Crippen LogP contribution in [0.2, 0.25) is 0 Å². The van der Waals surface area contributed by atoms with Gasteiger partial charge in [-0.1, -0.05) is 50.7 Å². The van der Waals surface area contributed by atoms with Crippen LogP contribution in [0, 0.1) is 11.6 Å². The molecule has 56 heavy (non-hydrogen) atoms. The summed E-state index contributed by atoms with van der Waals surface area (Å²) in [4.78, 5) is 45.9. The summed E-state index contributed by atoms with van der Waals surface area (Å²) in [5.74, 6) is -0.372. The maximum Gasteiger partial charge on any atom is 0.256 e. The number of aromatic nitrogens is 3. The first-order chi connectivity index (χ1) is 27.3. The smallest absolute Gasteiger partial charge is 0.256 e. The Kier molecular flexibility index (Phi) is 13.2. The second-order valence-corrected chi connectivity index (χ2v) is 15.6. The molecule has 3 aliphatic heterocycles. The van der Waals surface area contributed by atoms with E-state index in [0.29, 0.717) is 60.9 Å². The molecular formula is C43H54F2N8O3. The number of rotatable bonds is 17. The lowest BCUT2D eigenvalue weighted by Crippen LogP contribution is -2.47. The number of unbranched alkanes of at least 4 members (excludes halogenated alkanes) is 7. The fourth-order valence-corrected chi connectivity index (χ4v) is 8.51. The highest BCUT2D eigenvalue weighted by molar-refractivity contribution is 6.01. The molecule has 3 aliphatic rings. The number of piperidine rings is 2. The number of hydrogen-bond acceptors (Lipinski definition) is 8. The highest BCUT2D eigenvalue weighted by Crippen LogP contribution is 2.37. The Morgan fingerprint density at radius 1 is 0.857 bits per heavy atom. The summed E-state index contributed by atoms with van der Waals surface area (Å²) in [7, 11) is 0. The number of imide groups is 1. The predicted molar refractivity (Wildman–Crippen MR) is 213 cm³/mol. The zero-order chi connectivity index (χ0) is 38.9. The third kappa shape index (κ3) is 9.90. The average Bonchev–Trinajstić information content (AvgIpc) is 3.87. The predicted octanol–water partition coefficient (Wildman–Crippen LogP) is 7.30. The summed E-state index contributed by atoms with van der Waals surface area (Å²) >= 11 is 0. The molecule has 3 N–H and O–H groups in total. The molecule has 3 fully saturated rings. The maximum atomic E-state index is 14.6. The maximum absolute atomic E-state index is 14.6. The van der Waals surface area contributed by atoms with Crippen molar-refractivity contribution >= 4 is 34.9 Å². The van der Waals surface area contributed by atoms with Crippen molar-refractivity contribution in [3.05, 3.63) is 89.2 Å². The van der Waals surface area contributed by atoms with Gasteiger partial charge in [-0.3, -0.25) is 19.7 Å². The van der Waals surface area contributed by atoms with E-state index in [1.807, 2.05) is 4.90 Å². The van der Waals surface area contributed by atoms with E-state index in [0.717, 1.165) is 50.5 Å². The van der Waals surface area contributed by atoms with Crippen LogP contribution < -0.4 is 20.9 Å². The molecule has 0 spiro atoms. The van der Waals surface area contributed by atoms with E-state index in [4.69, 9.17) is 4.98 Å². The van der Waals surface area contributed by atoms with Crippen molar-refractivity contribution in [3.8, 4) is 0 Å². The topological polar surface area (TPSA) is 124 Å². The van der Waals surface area contributed by atoms with Gasteiger partial charge in [-0.25, -0.2) is 18.3 Å². The third-order valence-electron chi connectivity index (χ3n) is 11.7. The molecule has 0 radical (unpaired) electrons. The summed E-state index contributed by atoms with van der Waals surface area (Å²) < 4.78 is 30.2. The Balaban J connectivity index is 0.735. The van der Waals surface area contributed by atoms with Crippen molar-refractivity contribution < 1.29 is 23.2 Å². The number of amides is 3. The fraction of sp³-hybridized carbons (Fsp3) is 0.512. The average molecular weight is 769 g/mol. The first-order valence-electron chi connectivity index (χ1n) is 20.6. The van der Waals surface area contributed by atoms with Crippen LogP contribution in [0.3, 0.4) is 0 Å². The van der Waals surface area contributed by atoms with Crippen molar-refractivity contribution in [1.29, 1.82) is 0 Å². The van der Waals surface area contributed by atoms with Gasteiger partial charge in [0.25, 0.3) is 5.91 Å². The largest absolute Gasteiger partial charge is 0.374 e. The van der Waals surface area contributed by atoms with Gasteiger partial charge in [0.1, 0.15) is 29.1 Å². The van der Waals surface area contributed by atoms with Gasteiger partial charge in [0.15, 0.2) is 5.65 Å². The molecule has 0 aliphatic carbocycles. The number of carbonyl (C=O) groups is 3. The summed E-state index contributed by atoms with van der Waals surface area (Å²) in [6.07, 6.45) is 17.4. The minimum absolute atomic E-state index is 0.198. The summed E-state index contributed by atoms with van der Waals surface area (Å²) in [6, 6.07) is 13.1. The number of anilines is 2. The number of nitrogens with zero attached hydrogens (tertiary/aromatic N) is 5. The zero-order valence-electron chi connectivity index (χ0n) is 32.2. The molecule has 11 nitrogen and oxygen atoms in total. The first kappa shape index (κ1) is 39.3. The van der Waals surface area contributed by atoms with E-state index in [1.165, 1.54) is 75.4 Å². The van der Waals surface area contributed by atoms with E-state index in [9.17, 15) is 23.2 Å². The van der Waals surface area contributed by atoms with Crippen molar-refractivity contribution in [1.82, 2.24) is 30.1 Å². The number of nitrogens with one attached hydrogen (secondary N) is 3. The SMILES string of the molecule is O=C1CCC(Nc2ccc(C3CCN(CCCCCCCCCCNC(=O)c4cnn5ccc(N6CCCC6c6cc(F)ccc6F)nc45)CC3)cc2)C(=O)N1. The molecule has 2 aromatic carbocycles. The van der Waals surface area contributed by atoms with Crippen LogP contribution in [-0.2, 0) is 9.59 Å². The number of hydrogen-bond donors (Lipinski definition) is 3. The Morgan fingerprint density at radius 3 is 2.38 bits per heavy atom. The van der Waals surface area contributed by atoms with E-state index in [-0.39, 0.29) is 29.8 Å². The van der Waals surface area contributed by atoms with E-state index >= 15 is 0 Å². The lowest BCUT2D eigenvalue weighted by molar-refractivity contribution is -0.133.